The number of methoxy groups -OCH3 is 3. The summed E-state index contributed by atoms with van der Waals surface area (Å²) in [6.07, 6.45) is 3.36. The minimum Gasteiger partial charge on any atom is -0.493 e. The van der Waals surface area contributed by atoms with Gasteiger partial charge in [-0.05, 0) is 12.1 Å². The highest BCUT2D eigenvalue weighted by atomic mass is 16.5. The summed E-state index contributed by atoms with van der Waals surface area (Å²) in [6, 6.07) is 3.74. The molecule has 0 atom stereocenters. The van der Waals surface area contributed by atoms with Crippen LogP contribution >= 0.6 is 0 Å². The highest BCUT2D eigenvalue weighted by molar-refractivity contribution is 5.68. The van der Waals surface area contributed by atoms with Crippen LogP contribution in [0.5, 0.6) is 17.2 Å². The maximum absolute atomic E-state index is 5.28. The molecule has 0 aliphatic carbocycles. The minimum absolute atomic E-state index is 0.582. The molecule has 0 saturated carbocycles. The molecule has 0 aliphatic rings. The van der Waals surface area contributed by atoms with Crippen molar-refractivity contribution in [2.24, 2.45) is 0 Å². The van der Waals surface area contributed by atoms with E-state index in [9.17, 15) is 0 Å². The van der Waals surface area contributed by atoms with E-state index in [-0.39, 0.29) is 0 Å². The second kappa shape index (κ2) is 4.78. The summed E-state index contributed by atoms with van der Waals surface area (Å²) < 4.78 is 15.8. The lowest BCUT2D eigenvalue weighted by Gasteiger charge is -2.13. The number of aromatic amines is 1. The Balaban J connectivity index is 2.56. The molecule has 90 valence electrons. The average molecular weight is 234 g/mol. The zero-order chi connectivity index (χ0) is 12.3. The highest BCUT2D eigenvalue weighted by Gasteiger charge is 2.14. The number of aromatic nitrogens is 2. The molecule has 1 heterocycles. The Morgan fingerprint density at radius 3 is 2.06 bits per heavy atom. The largest absolute Gasteiger partial charge is 0.493 e. The first kappa shape index (κ1) is 11.3. The van der Waals surface area contributed by atoms with E-state index < -0.39 is 0 Å². The number of hydrogen-bond acceptors (Lipinski definition) is 4. The molecule has 0 amide bonds. The van der Waals surface area contributed by atoms with Gasteiger partial charge in [0, 0.05) is 5.56 Å². The van der Waals surface area contributed by atoms with Crippen molar-refractivity contribution in [3.05, 3.63) is 24.7 Å². The summed E-state index contributed by atoms with van der Waals surface area (Å²) in [5.41, 5.74) is 1.82. The van der Waals surface area contributed by atoms with E-state index in [0.717, 1.165) is 11.3 Å². The summed E-state index contributed by atoms with van der Waals surface area (Å²) in [7, 11) is 4.76. The Morgan fingerprint density at radius 1 is 1.00 bits per heavy atom. The Bertz CT molecular complexity index is 469. The lowest BCUT2D eigenvalue weighted by atomic mass is 10.1. The topological polar surface area (TPSA) is 56.4 Å². The van der Waals surface area contributed by atoms with Crippen molar-refractivity contribution >= 4 is 0 Å². The van der Waals surface area contributed by atoms with Crippen molar-refractivity contribution in [2.75, 3.05) is 21.3 Å². The van der Waals surface area contributed by atoms with E-state index in [1.54, 1.807) is 33.9 Å². The van der Waals surface area contributed by atoms with Gasteiger partial charge in [-0.15, -0.1) is 0 Å². The second-order valence-corrected chi connectivity index (χ2v) is 3.38. The number of ether oxygens (including phenoxy) is 3. The zero-order valence-corrected chi connectivity index (χ0v) is 9.98. The summed E-state index contributed by atoms with van der Waals surface area (Å²) in [5, 5.41) is 0. The third-order valence-electron chi connectivity index (χ3n) is 2.47. The molecule has 0 radical (unpaired) electrons. The molecule has 0 aliphatic heterocycles. The third-order valence-corrected chi connectivity index (χ3v) is 2.47. The predicted molar refractivity (Wildman–Crippen MR) is 63.7 cm³/mol. The molecule has 0 fully saturated rings. The molecular formula is C12H14N2O3. The molecule has 0 spiro atoms. The monoisotopic (exact) mass is 234 g/mol. The van der Waals surface area contributed by atoms with Gasteiger partial charge in [0.2, 0.25) is 5.75 Å². The molecule has 2 rings (SSSR count). The van der Waals surface area contributed by atoms with Crippen LogP contribution in [0.3, 0.4) is 0 Å². The summed E-state index contributed by atoms with van der Waals surface area (Å²) in [5.74, 6) is 1.83. The smallest absolute Gasteiger partial charge is 0.203 e. The first-order chi connectivity index (χ1) is 8.30. The van der Waals surface area contributed by atoms with E-state index in [0.29, 0.717) is 17.2 Å². The van der Waals surface area contributed by atoms with Gasteiger partial charge in [-0.3, -0.25) is 0 Å². The Morgan fingerprint density at radius 2 is 1.65 bits per heavy atom. The third kappa shape index (κ3) is 2.04. The van der Waals surface area contributed by atoms with E-state index >= 15 is 0 Å². The molecular weight excluding hydrogens is 220 g/mol. The molecule has 1 N–H and O–H groups in total. The van der Waals surface area contributed by atoms with Gasteiger partial charge in [0.05, 0.1) is 39.5 Å². The molecule has 0 saturated heterocycles. The number of nitrogens with zero attached hydrogens (tertiary/aromatic N) is 1. The van der Waals surface area contributed by atoms with Crippen LogP contribution in [-0.2, 0) is 0 Å². The van der Waals surface area contributed by atoms with Crippen LogP contribution in [-0.4, -0.2) is 31.3 Å². The number of nitrogens with one attached hydrogen (secondary N) is 1. The van der Waals surface area contributed by atoms with E-state index in [4.69, 9.17) is 14.2 Å². The van der Waals surface area contributed by atoms with Gasteiger partial charge in [0.1, 0.15) is 0 Å². The van der Waals surface area contributed by atoms with E-state index in [2.05, 4.69) is 9.97 Å². The quantitative estimate of drug-likeness (QED) is 0.880. The molecule has 5 nitrogen and oxygen atoms in total. The van der Waals surface area contributed by atoms with Crippen LogP contribution in [0.1, 0.15) is 0 Å². The van der Waals surface area contributed by atoms with Gasteiger partial charge in [-0.2, -0.15) is 0 Å². The fourth-order valence-electron chi connectivity index (χ4n) is 1.65. The van der Waals surface area contributed by atoms with Crippen LogP contribution in [0.4, 0.5) is 0 Å². The highest BCUT2D eigenvalue weighted by Crippen LogP contribution is 2.40. The van der Waals surface area contributed by atoms with Crippen molar-refractivity contribution in [1.29, 1.82) is 0 Å². The second-order valence-electron chi connectivity index (χ2n) is 3.38. The predicted octanol–water partition coefficient (Wildman–Crippen LogP) is 2.10. The van der Waals surface area contributed by atoms with Gasteiger partial charge in [0.15, 0.2) is 11.5 Å². The molecule has 1 aromatic carbocycles. The Labute approximate surface area is 99.4 Å². The molecule has 17 heavy (non-hydrogen) atoms. The van der Waals surface area contributed by atoms with Gasteiger partial charge >= 0.3 is 0 Å². The number of imidazole rings is 1. The number of hydrogen-bond donors (Lipinski definition) is 1. The minimum atomic E-state index is 0.582. The van der Waals surface area contributed by atoms with Gasteiger partial charge in [-0.1, -0.05) is 0 Å². The lowest BCUT2D eigenvalue weighted by molar-refractivity contribution is 0.324. The standard InChI is InChI=1S/C12H14N2O3/c1-15-10-4-8(9-6-13-7-14-9)5-11(16-2)12(10)17-3/h4-7H,1-3H3,(H,13,14). The number of rotatable bonds is 4. The number of benzene rings is 1. The first-order valence-corrected chi connectivity index (χ1v) is 5.09. The van der Waals surface area contributed by atoms with Crippen LogP contribution in [0.25, 0.3) is 11.3 Å². The summed E-state index contributed by atoms with van der Waals surface area (Å²) in [4.78, 5) is 7.01. The molecule has 2 aromatic rings. The average Bonchev–Trinajstić information content (AvgIpc) is 2.90. The van der Waals surface area contributed by atoms with Gasteiger partial charge < -0.3 is 19.2 Å². The van der Waals surface area contributed by atoms with Gasteiger partial charge in [0.25, 0.3) is 0 Å². The number of H-pyrrole nitrogens is 1. The molecule has 1 aromatic heterocycles. The fourth-order valence-corrected chi connectivity index (χ4v) is 1.65. The lowest BCUT2D eigenvalue weighted by Crippen LogP contribution is -1.95. The van der Waals surface area contributed by atoms with Crippen LogP contribution < -0.4 is 14.2 Å². The zero-order valence-electron chi connectivity index (χ0n) is 9.98. The van der Waals surface area contributed by atoms with Crippen molar-refractivity contribution in [1.82, 2.24) is 9.97 Å². The molecule has 0 unspecified atom stereocenters. The van der Waals surface area contributed by atoms with Crippen molar-refractivity contribution in [2.45, 2.75) is 0 Å². The molecule has 0 bridgehead atoms. The maximum atomic E-state index is 5.28. The fraction of sp³-hybridized carbons (Fsp3) is 0.250. The van der Waals surface area contributed by atoms with Crippen molar-refractivity contribution in [3.8, 4) is 28.5 Å². The first-order valence-electron chi connectivity index (χ1n) is 5.09. The van der Waals surface area contributed by atoms with E-state index in [1.807, 2.05) is 12.1 Å². The SMILES string of the molecule is COc1cc(-c2cnc[nH]2)cc(OC)c1OC. The van der Waals surface area contributed by atoms with Crippen molar-refractivity contribution in [3.63, 3.8) is 0 Å². The maximum Gasteiger partial charge on any atom is 0.203 e. The normalized spacial score (nSPS) is 10.1. The molecule has 5 heteroatoms. The summed E-state index contributed by atoms with van der Waals surface area (Å²) >= 11 is 0. The summed E-state index contributed by atoms with van der Waals surface area (Å²) in [6.45, 7) is 0. The van der Waals surface area contributed by atoms with Crippen LogP contribution in [0, 0.1) is 0 Å². The van der Waals surface area contributed by atoms with Crippen molar-refractivity contribution < 1.29 is 14.2 Å². The van der Waals surface area contributed by atoms with Gasteiger partial charge in [-0.25, -0.2) is 4.98 Å². The van der Waals surface area contributed by atoms with Crippen LogP contribution in [0.2, 0.25) is 0 Å². The Hall–Kier alpha value is -2.17. The van der Waals surface area contributed by atoms with E-state index in [1.165, 1.54) is 0 Å². The Kier molecular flexibility index (Phi) is 3.18. The van der Waals surface area contributed by atoms with Crippen LogP contribution in [0.15, 0.2) is 24.7 Å².